The molecule has 0 radical (unpaired) electrons. The molecule has 23 heavy (non-hydrogen) atoms. The molecule has 0 spiro atoms. The summed E-state index contributed by atoms with van der Waals surface area (Å²) in [6.07, 6.45) is 0. The van der Waals surface area contributed by atoms with Crippen molar-refractivity contribution in [3.63, 3.8) is 0 Å². The van der Waals surface area contributed by atoms with E-state index in [0.717, 1.165) is 11.1 Å². The van der Waals surface area contributed by atoms with Gasteiger partial charge in [-0.3, -0.25) is 4.79 Å². The molecular weight excluding hydrogens is 314 g/mol. The number of aryl methyl sites for hydroxylation is 1. The van der Waals surface area contributed by atoms with Gasteiger partial charge in [0.1, 0.15) is 0 Å². The van der Waals surface area contributed by atoms with Gasteiger partial charge in [-0.15, -0.1) is 0 Å². The van der Waals surface area contributed by atoms with E-state index < -0.39 is 5.97 Å². The summed E-state index contributed by atoms with van der Waals surface area (Å²) in [4.78, 5) is 23.8. The smallest absolute Gasteiger partial charge is 0.340 e. The van der Waals surface area contributed by atoms with Crippen molar-refractivity contribution in [1.29, 1.82) is 0 Å². The SMILES string of the molecule is Cc1ccc(C(C)NC(=O)COC(=O)c2ccccc2Cl)cc1. The van der Waals surface area contributed by atoms with Gasteiger partial charge in [0.25, 0.3) is 5.91 Å². The Labute approximate surface area is 140 Å². The molecule has 2 aromatic carbocycles. The maximum atomic E-state index is 11.9. The fourth-order valence-electron chi connectivity index (χ4n) is 2.06. The van der Waals surface area contributed by atoms with Crippen molar-refractivity contribution in [3.8, 4) is 0 Å². The van der Waals surface area contributed by atoms with Crippen LogP contribution in [0, 0.1) is 6.92 Å². The van der Waals surface area contributed by atoms with E-state index in [-0.39, 0.29) is 24.1 Å². The quantitative estimate of drug-likeness (QED) is 0.850. The van der Waals surface area contributed by atoms with Gasteiger partial charge in [0, 0.05) is 0 Å². The van der Waals surface area contributed by atoms with Gasteiger partial charge in [0.05, 0.1) is 16.6 Å². The molecule has 0 aliphatic carbocycles. The summed E-state index contributed by atoms with van der Waals surface area (Å²) in [7, 11) is 0. The zero-order chi connectivity index (χ0) is 16.8. The van der Waals surface area contributed by atoms with Crippen LogP contribution < -0.4 is 5.32 Å². The third kappa shape index (κ3) is 4.83. The first-order chi connectivity index (χ1) is 11.0. The first kappa shape index (κ1) is 17.0. The third-order valence-electron chi connectivity index (χ3n) is 3.38. The number of amides is 1. The van der Waals surface area contributed by atoms with Gasteiger partial charge in [-0.2, -0.15) is 0 Å². The third-order valence-corrected chi connectivity index (χ3v) is 3.71. The molecule has 2 rings (SSSR count). The number of halogens is 1. The minimum absolute atomic E-state index is 0.165. The number of carbonyl (C=O) groups excluding carboxylic acids is 2. The second-order valence-electron chi connectivity index (χ2n) is 5.26. The topological polar surface area (TPSA) is 55.4 Å². The summed E-state index contributed by atoms with van der Waals surface area (Å²) in [5.74, 6) is -0.979. The zero-order valence-corrected chi connectivity index (χ0v) is 13.8. The Morgan fingerprint density at radius 2 is 1.78 bits per heavy atom. The molecule has 1 amide bonds. The van der Waals surface area contributed by atoms with Crippen LogP contribution in [0.15, 0.2) is 48.5 Å². The average Bonchev–Trinajstić information content (AvgIpc) is 2.53. The molecule has 2 aromatic rings. The van der Waals surface area contributed by atoms with Gasteiger partial charge in [-0.05, 0) is 31.5 Å². The Balaban J connectivity index is 1.86. The lowest BCUT2D eigenvalue weighted by Gasteiger charge is -2.14. The van der Waals surface area contributed by atoms with Gasteiger partial charge >= 0.3 is 5.97 Å². The first-order valence-corrected chi connectivity index (χ1v) is 7.62. The molecule has 0 bridgehead atoms. The Hall–Kier alpha value is -2.33. The molecular formula is C18H18ClNO3. The van der Waals surface area contributed by atoms with Crippen LogP contribution >= 0.6 is 11.6 Å². The molecule has 1 N–H and O–H groups in total. The molecule has 0 aliphatic rings. The van der Waals surface area contributed by atoms with E-state index in [1.54, 1.807) is 24.3 Å². The minimum Gasteiger partial charge on any atom is -0.452 e. The van der Waals surface area contributed by atoms with Crippen LogP contribution in [0.4, 0.5) is 0 Å². The van der Waals surface area contributed by atoms with Crippen LogP contribution in [0.1, 0.15) is 34.5 Å². The minimum atomic E-state index is -0.617. The average molecular weight is 332 g/mol. The highest BCUT2D eigenvalue weighted by Gasteiger charge is 2.14. The Bertz CT molecular complexity index is 698. The number of nitrogens with one attached hydrogen (secondary N) is 1. The largest absolute Gasteiger partial charge is 0.452 e. The first-order valence-electron chi connectivity index (χ1n) is 7.25. The maximum absolute atomic E-state index is 11.9. The van der Waals surface area contributed by atoms with Gasteiger partial charge in [0.2, 0.25) is 0 Å². The van der Waals surface area contributed by atoms with E-state index in [2.05, 4.69) is 5.32 Å². The zero-order valence-electron chi connectivity index (χ0n) is 13.0. The standard InChI is InChI=1S/C18H18ClNO3/c1-12-7-9-14(10-8-12)13(2)20-17(21)11-23-18(22)15-5-3-4-6-16(15)19/h3-10,13H,11H2,1-2H3,(H,20,21). The molecule has 0 aromatic heterocycles. The van der Waals surface area contributed by atoms with E-state index in [1.807, 2.05) is 38.1 Å². The van der Waals surface area contributed by atoms with Crippen molar-refractivity contribution in [2.45, 2.75) is 19.9 Å². The number of hydrogen-bond acceptors (Lipinski definition) is 3. The number of hydrogen-bond donors (Lipinski definition) is 1. The fourth-order valence-corrected chi connectivity index (χ4v) is 2.27. The predicted molar refractivity (Wildman–Crippen MR) is 89.5 cm³/mol. The molecule has 0 heterocycles. The number of ether oxygens (including phenoxy) is 1. The van der Waals surface area contributed by atoms with Gasteiger partial charge in [-0.25, -0.2) is 4.79 Å². The molecule has 1 unspecified atom stereocenters. The summed E-state index contributed by atoms with van der Waals surface area (Å²) >= 11 is 5.91. The van der Waals surface area contributed by atoms with Crippen molar-refractivity contribution in [3.05, 3.63) is 70.2 Å². The van der Waals surface area contributed by atoms with Crippen LogP contribution in [0.3, 0.4) is 0 Å². The summed E-state index contributed by atoms with van der Waals surface area (Å²) in [5, 5.41) is 3.09. The van der Waals surface area contributed by atoms with Crippen molar-refractivity contribution in [2.75, 3.05) is 6.61 Å². The Morgan fingerprint density at radius 1 is 1.13 bits per heavy atom. The van der Waals surface area contributed by atoms with Crippen molar-refractivity contribution >= 4 is 23.5 Å². The molecule has 5 heteroatoms. The van der Waals surface area contributed by atoms with Crippen LogP contribution in [0.5, 0.6) is 0 Å². The fraction of sp³-hybridized carbons (Fsp3) is 0.222. The number of esters is 1. The van der Waals surface area contributed by atoms with E-state index in [4.69, 9.17) is 16.3 Å². The molecule has 4 nitrogen and oxygen atoms in total. The van der Waals surface area contributed by atoms with Gasteiger partial charge < -0.3 is 10.1 Å². The van der Waals surface area contributed by atoms with Crippen LogP contribution in [-0.2, 0) is 9.53 Å². The maximum Gasteiger partial charge on any atom is 0.340 e. The molecule has 0 saturated heterocycles. The number of carbonyl (C=O) groups is 2. The van der Waals surface area contributed by atoms with E-state index in [9.17, 15) is 9.59 Å². The number of rotatable bonds is 5. The van der Waals surface area contributed by atoms with E-state index >= 15 is 0 Å². The second-order valence-corrected chi connectivity index (χ2v) is 5.66. The summed E-state index contributed by atoms with van der Waals surface area (Å²) in [6, 6.07) is 14.3. The highest BCUT2D eigenvalue weighted by molar-refractivity contribution is 6.33. The highest BCUT2D eigenvalue weighted by atomic mass is 35.5. The predicted octanol–water partition coefficient (Wildman–Crippen LogP) is 3.68. The van der Waals surface area contributed by atoms with Crippen LogP contribution in [0.2, 0.25) is 5.02 Å². The van der Waals surface area contributed by atoms with Gasteiger partial charge in [-0.1, -0.05) is 53.6 Å². The normalized spacial score (nSPS) is 11.6. The van der Waals surface area contributed by atoms with Crippen molar-refractivity contribution < 1.29 is 14.3 Å². The lowest BCUT2D eigenvalue weighted by Crippen LogP contribution is -2.31. The van der Waals surface area contributed by atoms with Crippen LogP contribution in [0.25, 0.3) is 0 Å². The molecule has 120 valence electrons. The summed E-state index contributed by atoms with van der Waals surface area (Å²) in [6.45, 7) is 3.53. The van der Waals surface area contributed by atoms with Crippen molar-refractivity contribution in [1.82, 2.24) is 5.32 Å². The lowest BCUT2D eigenvalue weighted by atomic mass is 10.1. The number of benzene rings is 2. The molecule has 0 saturated carbocycles. The lowest BCUT2D eigenvalue weighted by molar-refractivity contribution is -0.124. The van der Waals surface area contributed by atoms with Crippen LogP contribution in [-0.4, -0.2) is 18.5 Å². The monoisotopic (exact) mass is 331 g/mol. The molecule has 0 aliphatic heterocycles. The van der Waals surface area contributed by atoms with Gasteiger partial charge in [0.15, 0.2) is 6.61 Å². The Kier molecular flexibility index (Phi) is 5.77. The second kappa shape index (κ2) is 7.79. The Morgan fingerprint density at radius 3 is 2.43 bits per heavy atom. The highest BCUT2D eigenvalue weighted by Crippen LogP contribution is 2.16. The molecule has 1 atom stereocenters. The summed E-state index contributed by atoms with van der Waals surface area (Å²) in [5.41, 5.74) is 2.39. The van der Waals surface area contributed by atoms with E-state index in [0.29, 0.717) is 5.02 Å². The molecule has 0 fully saturated rings. The summed E-state index contributed by atoms with van der Waals surface area (Å²) < 4.78 is 4.99. The van der Waals surface area contributed by atoms with Crippen molar-refractivity contribution in [2.24, 2.45) is 0 Å². The van der Waals surface area contributed by atoms with E-state index in [1.165, 1.54) is 0 Å².